The van der Waals surface area contributed by atoms with E-state index in [1.807, 2.05) is 24.3 Å². The van der Waals surface area contributed by atoms with Crippen LogP contribution in [0.25, 0.3) is 10.8 Å². The number of hydrogen-bond donors (Lipinski definition) is 1. The van der Waals surface area contributed by atoms with E-state index in [-0.39, 0.29) is 5.91 Å². The molecule has 1 N–H and O–H groups in total. The molecular weight excluding hydrogens is 230 g/mol. The molecule has 0 saturated heterocycles. The molecule has 3 rings (SSSR count). The van der Waals surface area contributed by atoms with Crippen LogP contribution in [0.3, 0.4) is 0 Å². The summed E-state index contributed by atoms with van der Waals surface area (Å²) >= 11 is 0. The van der Waals surface area contributed by atoms with Crippen molar-refractivity contribution in [3.05, 3.63) is 42.0 Å². The Morgan fingerprint density at radius 2 is 1.89 bits per heavy atom. The molecule has 1 aliphatic rings. The minimum atomic E-state index is -1.01. The fraction of sp³-hybridized carbons (Fsp3) is 0.143. The summed E-state index contributed by atoms with van der Waals surface area (Å²) in [5.74, 6) is -1.25. The third kappa shape index (κ3) is 1.26. The third-order valence-corrected chi connectivity index (χ3v) is 3.34. The van der Waals surface area contributed by atoms with Gasteiger partial charge in [0.15, 0.2) is 0 Å². The van der Waals surface area contributed by atoms with Crippen LogP contribution in [0.4, 0.5) is 5.69 Å². The maximum atomic E-state index is 12.3. The van der Waals surface area contributed by atoms with Gasteiger partial charge >= 0.3 is 5.97 Å². The van der Waals surface area contributed by atoms with Crippen LogP contribution in [0.5, 0.6) is 0 Å². The molecule has 1 amide bonds. The number of hydrogen-bond acceptors (Lipinski definition) is 2. The highest BCUT2D eigenvalue weighted by atomic mass is 16.4. The van der Waals surface area contributed by atoms with Gasteiger partial charge in [0, 0.05) is 10.9 Å². The van der Waals surface area contributed by atoms with E-state index < -0.39 is 12.0 Å². The van der Waals surface area contributed by atoms with E-state index in [0.29, 0.717) is 11.3 Å². The molecule has 0 saturated carbocycles. The van der Waals surface area contributed by atoms with Crippen molar-refractivity contribution >= 4 is 28.3 Å². The summed E-state index contributed by atoms with van der Waals surface area (Å²) in [6, 6.07) is 10.2. The van der Waals surface area contributed by atoms with Gasteiger partial charge in [-0.2, -0.15) is 0 Å². The van der Waals surface area contributed by atoms with Crippen molar-refractivity contribution in [1.29, 1.82) is 0 Å². The van der Waals surface area contributed by atoms with Gasteiger partial charge in [0.25, 0.3) is 5.91 Å². The van der Waals surface area contributed by atoms with E-state index >= 15 is 0 Å². The van der Waals surface area contributed by atoms with Crippen LogP contribution in [-0.2, 0) is 4.79 Å². The lowest BCUT2D eigenvalue weighted by atomic mass is 10.1. The summed E-state index contributed by atoms with van der Waals surface area (Å²) in [5.41, 5.74) is 1.26. The molecule has 1 atom stereocenters. The number of rotatable bonds is 2. The van der Waals surface area contributed by atoms with Crippen LogP contribution in [0.15, 0.2) is 36.4 Å². The molecule has 18 heavy (non-hydrogen) atoms. The Bertz CT molecular complexity index is 673. The SMILES string of the molecule is C[C@@H](C(=O)O)N1C(=O)c2cccc3cccc1c23. The first kappa shape index (κ1) is 10.8. The van der Waals surface area contributed by atoms with Crippen LogP contribution in [-0.4, -0.2) is 23.0 Å². The Hall–Kier alpha value is -2.36. The van der Waals surface area contributed by atoms with E-state index in [1.165, 1.54) is 11.8 Å². The van der Waals surface area contributed by atoms with Gasteiger partial charge in [-0.1, -0.05) is 24.3 Å². The summed E-state index contributed by atoms with van der Waals surface area (Å²) in [5, 5.41) is 10.9. The molecule has 4 heteroatoms. The summed E-state index contributed by atoms with van der Waals surface area (Å²) in [7, 11) is 0. The highest BCUT2D eigenvalue weighted by Crippen LogP contribution is 2.38. The first-order valence-corrected chi connectivity index (χ1v) is 5.69. The predicted molar refractivity (Wildman–Crippen MR) is 67.9 cm³/mol. The minimum Gasteiger partial charge on any atom is -0.480 e. The molecule has 2 aromatic carbocycles. The van der Waals surface area contributed by atoms with Gasteiger partial charge in [0.2, 0.25) is 0 Å². The predicted octanol–water partition coefficient (Wildman–Crippen LogP) is 2.27. The van der Waals surface area contributed by atoms with Gasteiger partial charge < -0.3 is 5.11 Å². The smallest absolute Gasteiger partial charge is 0.326 e. The number of carboxylic acid groups (broad SMARTS) is 1. The number of anilines is 1. The molecule has 0 unspecified atom stereocenters. The zero-order valence-electron chi connectivity index (χ0n) is 9.75. The number of nitrogens with zero attached hydrogens (tertiary/aromatic N) is 1. The Morgan fingerprint density at radius 1 is 1.22 bits per heavy atom. The molecule has 0 spiro atoms. The summed E-state index contributed by atoms with van der Waals surface area (Å²) in [6.45, 7) is 1.52. The zero-order chi connectivity index (χ0) is 12.9. The quantitative estimate of drug-likeness (QED) is 0.877. The standard InChI is InChI=1S/C14H11NO3/c1-8(14(17)18)15-11-7-3-5-9-4-2-6-10(12(9)11)13(15)16/h2-8H,1H3,(H,17,18)/t8-/m0/s1. The second-order valence-corrected chi connectivity index (χ2v) is 4.37. The summed E-state index contributed by atoms with van der Waals surface area (Å²) in [6.07, 6.45) is 0. The normalized spacial score (nSPS) is 15.2. The first-order valence-electron chi connectivity index (χ1n) is 5.69. The van der Waals surface area contributed by atoms with Gasteiger partial charge in [-0.25, -0.2) is 4.79 Å². The van der Waals surface area contributed by atoms with E-state index in [2.05, 4.69) is 0 Å². The van der Waals surface area contributed by atoms with Crippen LogP contribution < -0.4 is 4.90 Å². The van der Waals surface area contributed by atoms with Gasteiger partial charge in [-0.15, -0.1) is 0 Å². The molecular formula is C14H11NO3. The lowest BCUT2D eigenvalue weighted by molar-refractivity contribution is -0.138. The molecule has 0 bridgehead atoms. The van der Waals surface area contributed by atoms with Crippen molar-refractivity contribution in [2.75, 3.05) is 4.90 Å². The fourth-order valence-electron chi connectivity index (χ4n) is 2.43. The van der Waals surface area contributed by atoms with E-state index in [1.54, 1.807) is 12.1 Å². The lowest BCUT2D eigenvalue weighted by Gasteiger charge is -2.21. The van der Waals surface area contributed by atoms with Crippen molar-refractivity contribution in [3.63, 3.8) is 0 Å². The third-order valence-electron chi connectivity index (χ3n) is 3.34. The van der Waals surface area contributed by atoms with Crippen LogP contribution in [0, 0.1) is 0 Å². The first-order chi connectivity index (χ1) is 8.61. The van der Waals surface area contributed by atoms with Crippen LogP contribution >= 0.6 is 0 Å². The number of aliphatic carboxylic acids is 1. The topological polar surface area (TPSA) is 57.6 Å². The van der Waals surface area contributed by atoms with Crippen LogP contribution in [0.1, 0.15) is 17.3 Å². The van der Waals surface area contributed by atoms with E-state index in [4.69, 9.17) is 5.11 Å². The highest BCUT2D eigenvalue weighted by Gasteiger charge is 2.35. The maximum Gasteiger partial charge on any atom is 0.326 e. The Labute approximate surface area is 103 Å². The number of carboxylic acids is 1. The molecule has 0 radical (unpaired) electrons. The van der Waals surface area contributed by atoms with Crippen molar-refractivity contribution < 1.29 is 14.7 Å². The van der Waals surface area contributed by atoms with Crippen LogP contribution in [0.2, 0.25) is 0 Å². The van der Waals surface area contributed by atoms with Crippen molar-refractivity contribution in [3.8, 4) is 0 Å². The second kappa shape index (κ2) is 3.57. The van der Waals surface area contributed by atoms with Gasteiger partial charge in [0.1, 0.15) is 6.04 Å². The lowest BCUT2D eigenvalue weighted by Crippen LogP contribution is -2.41. The molecule has 4 nitrogen and oxygen atoms in total. The average molecular weight is 241 g/mol. The molecule has 90 valence electrons. The Kier molecular flexibility index (Phi) is 2.13. The van der Waals surface area contributed by atoms with Crippen molar-refractivity contribution in [1.82, 2.24) is 0 Å². The molecule has 0 aliphatic carbocycles. The largest absolute Gasteiger partial charge is 0.480 e. The van der Waals surface area contributed by atoms with E-state index in [0.717, 1.165) is 10.8 Å². The van der Waals surface area contributed by atoms with Crippen molar-refractivity contribution in [2.45, 2.75) is 13.0 Å². The molecule has 1 aliphatic heterocycles. The number of carbonyl (C=O) groups is 2. The zero-order valence-corrected chi connectivity index (χ0v) is 9.75. The van der Waals surface area contributed by atoms with Crippen molar-refractivity contribution in [2.24, 2.45) is 0 Å². The summed E-state index contributed by atoms with van der Waals surface area (Å²) in [4.78, 5) is 24.7. The van der Waals surface area contributed by atoms with Gasteiger partial charge in [0.05, 0.1) is 5.69 Å². The summed E-state index contributed by atoms with van der Waals surface area (Å²) < 4.78 is 0. The Morgan fingerprint density at radius 3 is 2.56 bits per heavy atom. The van der Waals surface area contributed by atoms with E-state index in [9.17, 15) is 9.59 Å². The molecule has 0 fully saturated rings. The number of amides is 1. The number of benzene rings is 2. The number of carbonyl (C=O) groups excluding carboxylic acids is 1. The minimum absolute atomic E-state index is 0.239. The second-order valence-electron chi connectivity index (χ2n) is 4.37. The van der Waals surface area contributed by atoms with Gasteiger partial charge in [-0.05, 0) is 24.4 Å². The average Bonchev–Trinajstić information content (AvgIpc) is 2.65. The molecule has 0 aromatic heterocycles. The fourth-order valence-corrected chi connectivity index (χ4v) is 2.43. The maximum absolute atomic E-state index is 12.3. The monoisotopic (exact) mass is 241 g/mol. The molecule has 1 heterocycles. The molecule has 2 aromatic rings. The highest BCUT2D eigenvalue weighted by molar-refractivity contribution is 6.26. The Balaban J connectivity index is 2.29. The van der Waals surface area contributed by atoms with Gasteiger partial charge in [-0.3, -0.25) is 9.69 Å².